The minimum Gasteiger partial charge on any atom is -0.497 e. The normalized spacial score (nSPS) is 10.9. The zero-order valence-electron chi connectivity index (χ0n) is 15.3. The van der Waals surface area contributed by atoms with Crippen LogP contribution in [0.25, 0.3) is 11.4 Å². The van der Waals surface area contributed by atoms with Crippen molar-refractivity contribution < 1.29 is 9.47 Å². The number of hydrogen-bond acceptors (Lipinski definition) is 6. The molecule has 138 valence electrons. The summed E-state index contributed by atoms with van der Waals surface area (Å²) >= 11 is 5.31. The van der Waals surface area contributed by atoms with Gasteiger partial charge in [0.1, 0.15) is 23.3 Å². The van der Waals surface area contributed by atoms with Gasteiger partial charge in [-0.3, -0.25) is 0 Å². The Morgan fingerprint density at radius 3 is 2.70 bits per heavy atom. The molecule has 0 atom stereocenters. The fourth-order valence-corrected chi connectivity index (χ4v) is 2.82. The Hall–Kier alpha value is -3.38. The largest absolute Gasteiger partial charge is 0.497 e. The number of rotatable bonds is 5. The van der Waals surface area contributed by atoms with E-state index in [-0.39, 0.29) is 0 Å². The van der Waals surface area contributed by atoms with Gasteiger partial charge in [-0.1, -0.05) is 0 Å². The molecular formula is C18H18N6O2S. The van der Waals surface area contributed by atoms with Gasteiger partial charge < -0.3 is 14.0 Å². The molecule has 27 heavy (non-hydrogen) atoms. The third kappa shape index (κ3) is 3.35. The summed E-state index contributed by atoms with van der Waals surface area (Å²) in [6, 6.07) is 9.33. The second-order valence-electron chi connectivity index (χ2n) is 5.72. The molecular weight excluding hydrogens is 364 g/mol. The lowest BCUT2D eigenvalue weighted by molar-refractivity contribution is 0.395. The summed E-state index contributed by atoms with van der Waals surface area (Å²) in [5.41, 5.74) is 3.02. The van der Waals surface area contributed by atoms with Crippen molar-refractivity contribution >= 4 is 18.4 Å². The van der Waals surface area contributed by atoms with Crippen LogP contribution >= 0.6 is 12.2 Å². The highest BCUT2D eigenvalue weighted by Crippen LogP contribution is 2.32. The number of methoxy groups -OCH3 is 2. The Kier molecular flexibility index (Phi) is 5.09. The van der Waals surface area contributed by atoms with Gasteiger partial charge in [-0.25, -0.2) is 5.10 Å². The minimum absolute atomic E-state index is 0.341. The lowest BCUT2D eigenvalue weighted by Gasteiger charge is -2.09. The lowest BCUT2D eigenvalue weighted by Crippen LogP contribution is -1.98. The fraction of sp³-hybridized carbons (Fsp3) is 0.222. The monoisotopic (exact) mass is 382 g/mol. The first-order valence-electron chi connectivity index (χ1n) is 8.00. The molecule has 2 aromatic heterocycles. The van der Waals surface area contributed by atoms with Gasteiger partial charge in [0, 0.05) is 24.4 Å². The van der Waals surface area contributed by atoms with Crippen molar-refractivity contribution in [1.82, 2.24) is 19.4 Å². The van der Waals surface area contributed by atoms with Crippen molar-refractivity contribution in [2.45, 2.75) is 6.92 Å². The second-order valence-corrected chi connectivity index (χ2v) is 6.10. The fourth-order valence-electron chi connectivity index (χ4n) is 2.64. The maximum Gasteiger partial charge on any atom is 0.216 e. The van der Waals surface area contributed by atoms with Crippen LogP contribution in [0.2, 0.25) is 0 Å². The average molecular weight is 382 g/mol. The summed E-state index contributed by atoms with van der Waals surface area (Å²) in [5.74, 6) is 1.76. The molecule has 0 fully saturated rings. The van der Waals surface area contributed by atoms with Crippen molar-refractivity contribution in [3.05, 3.63) is 46.0 Å². The molecule has 3 rings (SSSR count). The number of nitrogens with one attached hydrogen (secondary N) is 1. The topological polar surface area (TPSA) is 93.1 Å². The summed E-state index contributed by atoms with van der Waals surface area (Å²) in [6.07, 6.45) is 1.65. The average Bonchev–Trinajstić information content (AvgIpc) is 3.19. The number of hydrogen-bond donors (Lipinski definition) is 1. The van der Waals surface area contributed by atoms with Crippen LogP contribution < -0.4 is 9.47 Å². The molecule has 0 aliphatic rings. The SMILES string of the molecule is COc1ccc(-c2n[nH]c(=S)n2/N=C\c2cc(C#N)n(C)c2C)c(OC)c1. The van der Waals surface area contributed by atoms with Crippen LogP contribution in [0.15, 0.2) is 29.4 Å². The van der Waals surface area contributed by atoms with Crippen LogP contribution in [-0.4, -0.2) is 39.9 Å². The number of aromatic nitrogens is 4. The molecule has 2 heterocycles. The molecule has 0 radical (unpaired) electrons. The van der Waals surface area contributed by atoms with Crippen LogP contribution in [0.5, 0.6) is 11.5 Å². The van der Waals surface area contributed by atoms with Crippen LogP contribution in [0.4, 0.5) is 0 Å². The van der Waals surface area contributed by atoms with Gasteiger partial charge in [0.25, 0.3) is 0 Å². The van der Waals surface area contributed by atoms with Gasteiger partial charge in [0.2, 0.25) is 4.77 Å². The first kappa shape index (κ1) is 18.4. The highest BCUT2D eigenvalue weighted by Gasteiger charge is 2.15. The number of benzene rings is 1. The third-order valence-electron chi connectivity index (χ3n) is 4.30. The molecule has 8 nitrogen and oxygen atoms in total. The van der Waals surface area contributed by atoms with Gasteiger partial charge in [0.15, 0.2) is 5.82 Å². The van der Waals surface area contributed by atoms with Gasteiger partial charge >= 0.3 is 0 Å². The van der Waals surface area contributed by atoms with E-state index < -0.39 is 0 Å². The molecule has 0 aliphatic heterocycles. The van der Waals surface area contributed by atoms with E-state index in [0.717, 1.165) is 11.3 Å². The van der Waals surface area contributed by atoms with Crippen molar-refractivity contribution in [3.63, 3.8) is 0 Å². The predicted molar refractivity (Wildman–Crippen MR) is 104 cm³/mol. The summed E-state index contributed by atoms with van der Waals surface area (Å²) in [6.45, 7) is 1.92. The maximum atomic E-state index is 9.17. The molecule has 3 aromatic rings. The standard InChI is InChI=1S/C18H18N6O2S/c1-11-12(7-13(9-19)23(11)2)10-20-24-17(21-22-18(24)27)15-6-5-14(25-3)8-16(15)26-4/h5-8,10H,1-4H3,(H,22,27)/b20-10-. The molecule has 0 saturated heterocycles. The zero-order valence-corrected chi connectivity index (χ0v) is 16.2. The first-order chi connectivity index (χ1) is 13.0. The van der Waals surface area contributed by atoms with E-state index in [9.17, 15) is 0 Å². The number of ether oxygens (including phenoxy) is 2. The summed E-state index contributed by atoms with van der Waals surface area (Å²) in [5, 5.41) is 20.7. The van der Waals surface area contributed by atoms with Crippen LogP contribution in [0.1, 0.15) is 17.0 Å². The number of aromatic amines is 1. The van der Waals surface area contributed by atoms with Crippen molar-refractivity contribution in [3.8, 4) is 29.0 Å². The van der Waals surface area contributed by atoms with E-state index in [4.69, 9.17) is 27.0 Å². The second kappa shape index (κ2) is 7.47. The van der Waals surface area contributed by atoms with Gasteiger partial charge in [-0.15, -0.1) is 0 Å². The predicted octanol–water partition coefficient (Wildman–Crippen LogP) is 3.03. The van der Waals surface area contributed by atoms with Crippen LogP contribution in [0, 0.1) is 23.0 Å². The molecule has 0 aliphatic carbocycles. The third-order valence-corrected chi connectivity index (χ3v) is 4.57. The molecule has 9 heteroatoms. The lowest BCUT2D eigenvalue weighted by atomic mass is 10.2. The zero-order chi connectivity index (χ0) is 19.6. The number of nitrogens with zero attached hydrogens (tertiary/aromatic N) is 5. The highest BCUT2D eigenvalue weighted by molar-refractivity contribution is 7.71. The Balaban J connectivity index is 2.07. The Labute approximate surface area is 161 Å². The molecule has 0 amide bonds. The summed E-state index contributed by atoms with van der Waals surface area (Å²) in [4.78, 5) is 0. The van der Waals surface area contributed by atoms with E-state index >= 15 is 0 Å². The molecule has 0 saturated carbocycles. The summed E-state index contributed by atoms with van der Waals surface area (Å²) in [7, 11) is 5.00. The molecule has 0 unspecified atom stereocenters. The van der Waals surface area contributed by atoms with Crippen molar-refractivity contribution in [1.29, 1.82) is 5.26 Å². The maximum absolute atomic E-state index is 9.17. The van der Waals surface area contributed by atoms with E-state index in [1.165, 1.54) is 4.68 Å². The molecule has 1 aromatic carbocycles. The van der Waals surface area contributed by atoms with Gasteiger partial charge in [0.05, 0.1) is 26.0 Å². The smallest absolute Gasteiger partial charge is 0.216 e. The van der Waals surface area contributed by atoms with Crippen LogP contribution in [0.3, 0.4) is 0 Å². The Morgan fingerprint density at radius 1 is 1.30 bits per heavy atom. The Bertz CT molecular complexity index is 1120. The van der Waals surface area contributed by atoms with E-state index in [1.54, 1.807) is 32.6 Å². The quantitative estimate of drug-likeness (QED) is 0.541. The van der Waals surface area contributed by atoms with Gasteiger partial charge in [-0.2, -0.15) is 20.1 Å². The van der Waals surface area contributed by atoms with Gasteiger partial charge in [-0.05, 0) is 37.3 Å². The molecule has 0 bridgehead atoms. The highest BCUT2D eigenvalue weighted by atomic mass is 32.1. The van der Waals surface area contributed by atoms with E-state index in [2.05, 4.69) is 21.4 Å². The first-order valence-corrected chi connectivity index (χ1v) is 8.41. The van der Waals surface area contributed by atoms with E-state index in [0.29, 0.717) is 33.4 Å². The number of nitriles is 1. The number of H-pyrrole nitrogens is 1. The molecule has 0 spiro atoms. The molecule has 1 N–H and O–H groups in total. The minimum atomic E-state index is 0.341. The van der Waals surface area contributed by atoms with E-state index in [1.807, 2.05) is 30.7 Å². The van der Waals surface area contributed by atoms with Crippen LogP contribution in [-0.2, 0) is 7.05 Å². The Morgan fingerprint density at radius 2 is 2.07 bits per heavy atom. The van der Waals surface area contributed by atoms with Crippen molar-refractivity contribution in [2.24, 2.45) is 12.1 Å². The summed E-state index contributed by atoms with van der Waals surface area (Å²) < 4.78 is 14.3. The van der Waals surface area contributed by atoms with Crippen molar-refractivity contribution in [2.75, 3.05) is 14.2 Å².